The Morgan fingerprint density at radius 2 is 1.95 bits per heavy atom. The average molecular weight is 323 g/mol. The molecule has 0 aromatic heterocycles. The molecule has 0 aliphatic carbocycles. The Kier molecular flexibility index (Phi) is 3.31. The van der Waals surface area contributed by atoms with Crippen molar-refractivity contribution in [3.05, 3.63) is 34.3 Å². The monoisotopic (exact) mass is 322 g/mol. The van der Waals surface area contributed by atoms with Gasteiger partial charge in [0, 0.05) is 42.1 Å². The quantitative estimate of drug-likeness (QED) is 0.792. The van der Waals surface area contributed by atoms with Crippen molar-refractivity contribution >= 4 is 27.7 Å². The summed E-state index contributed by atoms with van der Waals surface area (Å²) in [5.41, 5.74) is 0.709. The second-order valence-corrected chi connectivity index (χ2v) is 5.95. The minimum atomic E-state index is 0.0616. The summed E-state index contributed by atoms with van der Waals surface area (Å²) in [5.74, 6) is 0.298. The first-order valence-corrected chi connectivity index (χ1v) is 7.29. The molecule has 0 bridgehead atoms. The van der Waals surface area contributed by atoms with Crippen LogP contribution >= 0.6 is 15.9 Å². The largest absolute Gasteiger partial charge is 0.336 e. The van der Waals surface area contributed by atoms with Gasteiger partial charge in [-0.25, -0.2) is 0 Å². The summed E-state index contributed by atoms with van der Waals surface area (Å²) >= 11 is 3.37. The molecule has 2 saturated heterocycles. The lowest BCUT2D eigenvalue weighted by Gasteiger charge is -2.37. The number of halogens is 1. The molecule has 2 amide bonds. The van der Waals surface area contributed by atoms with Crippen LogP contribution in [0.15, 0.2) is 28.7 Å². The summed E-state index contributed by atoms with van der Waals surface area (Å²) in [6.45, 7) is 1.98. The fourth-order valence-corrected chi connectivity index (χ4v) is 3.09. The number of benzene rings is 1. The van der Waals surface area contributed by atoms with E-state index < -0.39 is 0 Å². The Labute approximate surface area is 120 Å². The van der Waals surface area contributed by atoms with Gasteiger partial charge in [-0.15, -0.1) is 0 Å². The van der Waals surface area contributed by atoms with Crippen LogP contribution in [0.1, 0.15) is 23.2 Å². The highest BCUT2D eigenvalue weighted by atomic mass is 79.9. The topological polar surface area (TPSA) is 40.6 Å². The van der Waals surface area contributed by atoms with E-state index in [4.69, 9.17) is 0 Å². The highest BCUT2D eigenvalue weighted by Crippen LogP contribution is 2.24. The Bertz CT molecular complexity index is 515. The third-order valence-corrected chi connectivity index (χ3v) is 4.40. The molecule has 2 aliphatic heterocycles. The van der Waals surface area contributed by atoms with E-state index in [1.54, 1.807) is 0 Å². The van der Waals surface area contributed by atoms with Gasteiger partial charge in [0.15, 0.2) is 0 Å². The first-order valence-electron chi connectivity index (χ1n) is 6.49. The zero-order valence-corrected chi connectivity index (χ0v) is 12.1. The molecule has 4 nitrogen and oxygen atoms in total. The molecule has 1 aromatic carbocycles. The molecule has 100 valence electrons. The molecule has 19 heavy (non-hydrogen) atoms. The zero-order valence-electron chi connectivity index (χ0n) is 10.5. The predicted octanol–water partition coefficient (Wildman–Crippen LogP) is 1.90. The van der Waals surface area contributed by atoms with Gasteiger partial charge in [0.25, 0.3) is 5.91 Å². The standard InChI is InChI=1S/C14H15BrN2O2/c15-11-3-1-10(2-4-11)14(19)16-7-8-17-12(9-16)5-6-13(17)18/h1-4,12H,5-9H2. The molecule has 1 unspecified atom stereocenters. The van der Waals surface area contributed by atoms with Crippen molar-refractivity contribution in [2.75, 3.05) is 19.6 Å². The number of nitrogens with zero attached hydrogens (tertiary/aromatic N) is 2. The molecular weight excluding hydrogens is 308 g/mol. The lowest BCUT2D eigenvalue weighted by atomic mass is 10.1. The Hall–Kier alpha value is -1.36. The zero-order chi connectivity index (χ0) is 13.4. The SMILES string of the molecule is O=C(c1ccc(Br)cc1)N1CCN2C(=O)CCC2C1. The highest BCUT2D eigenvalue weighted by molar-refractivity contribution is 9.10. The lowest BCUT2D eigenvalue weighted by molar-refractivity contribution is -0.130. The van der Waals surface area contributed by atoms with E-state index in [1.807, 2.05) is 34.1 Å². The van der Waals surface area contributed by atoms with Crippen LogP contribution in [0, 0.1) is 0 Å². The van der Waals surface area contributed by atoms with E-state index in [2.05, 4.69) is 15.9 Å². The van der Waals surface area contributed by atoms with E-state index in [9.17, 15) is 9.59 Å². The van der Waals surface area contributed by atoms with Gasteiger partial charge in [0.05, 0.1) is 0 Å². The maximum Gasteiger partial charge on any atom is 0.253 e. The van der Waals surface area contributed by atoms with E-state index in [0.29, 0.717) is 31.6 Å². The number of piperazine rings is 1. The van der Waals surface area contributed by atoms with Crippen LogP contribution < -0.4 is 0 Å². The molecule has 2 heterocycles. The number of fused-ring (bicyclic) bond motifs is 1. The van der Waals surface area contributed by atoms with Gasteiger partial charge in [0.1, 0.15) is 0 Å². The van der Waals surface area contributed by atoms with Crippen LogP contribution in [0.3, 0.4) is 0 Å². The van der Waals surface area contributed by atoms with Crippen molar-refractivity contribution in [1.29, 1.82) is 0 Å². The summed E-state index contributed by atoms with van der Waals surface area (Å²) < 4.78 is 0.968. The second kappa shape index (κ2) is 4.96. The molecule has 2 aliphatic rings. The molecule has 3 rings (SSSR count). The highest BCUT2D eigenvalue weighted by Gasteiger charge is 2.36. The van der Waals surface area contributed by atoms with Crippen LogP contribution in [0.25, 0.3) is 0 Å². The predicted molar refractivity (Wildman–Crippen MR) is 74.8 cm³/mol. The van der Waals surface area contributed by atoms with Gasteiger partial charge in [-0.2, -0.15) is 0 Å². The van der Waals surface area contributed by atoms with Crippen molar-refractivity contribution in [3.8, 4) is 0 Å². The Morgan fingerprint density at radius 1 is 1.21 bits per heavy atom. The fraction of sp³-hybridized carbons (Fsp3) is 0.429. The molecule has 1 atom stereocenters. The van der Waals surface area contributed by atoms with Gasteiger partial charge in [-0.05, 0) is 30.7 Å². The normalized spacial score (nSPS) is 22.6. The van der Waals surface area contributed by atoms with E-state index in [1.165, 1.54) is 0 Å². The molecule has 1 aromatic rings. The fourth-order valence-electron chi connectivity index (χ4n) is 2.82. The lowest BCUT2D eigenvalue weighted by Crippen LogP contribution is -2.53. The molecule has 0 spiro atoms. The van der Waals surface area contributed by atoms with Crippen LogP contribution in [-0.4, -0.2) is 47.3 Å². The van der Waals surface area contributed by atoms with Crippen molar-refractivity contribution < 1.29 is 9.59 Å². The maximum atomic E-state index is 12.4. The van der Waals surface area contributed by atoms with Gasteiger partial charge in [0.2, 0.25) is 5.91 Å². The van der Waals surface area contributed by atoms with Crippen LogP contribution in [0.4, 0.5) is 0 Å². The molecule has 0 saturated carbocycles. The minimum Gasteiger partial charge on any atom is -0.336 e. The first-order chi connectivity index (χ1) is 9.15. The first kappa shape index (κ1) is 12.7. The van der Waals surface area contributed by atoms with Crippen molar-refractivity contribution in [2.45, 2.75) is 18.9 Å². The molecule has 5 heteroatoms. The summed E-state index contributed by atoms with van der Waals surface area (Å²) in [6.07, 6.45) is 1.51. The van der Waals surface area contributed by atoms with E-state index in [0.717, 1.165) is 10.9 Å². The smallest absolute Gasteiger partial charge is 0.253 e. The third kappa shape index (κ3) is 2.39. The minimum absolute atomic E-state index is 0.0616. The van der Waals surface area contributed by atoms with Gasteiger partial charge >= 0.3 is 0 Å². The van der Waals surface area contributed by atoms with Crippen LogP contribution in [0.2, 0.25) is 0 Å². The molecular formula is C14H15BrN2O2. The average Bonchev–Trinajstić information content (AvgIpc) is 2.80. The van der Waals surface area contributed by atoms with Crippen LogP contribution in [-0.2, 0) is 4.79 Å². The van der Waals surface area contributed by atoms with E-state index in [-0.39, 0.29) is 17.9 Å². The van der Waals surface area contributed by atoms with Gasteiger partial charge in [-0.1, -0.05) is 15.9 Å². The summed E-state index contributed by atoms with van der Waals surface area (Å²) in [6, 6.07) is 7.64. The number of carbonyl (C=O) groups excluding carboxylic acids is 2. The molecule has 0 N–H and O–H groups in total. The van der Waals surface area contributed by atoms with Gasteiger partial charge in [-0.3, -0.25) is 9.59 Å². The van der Waals surface area contributed by atoms with Gasteiger partial charge < -0.3 is 9.80 Å². The van der Waals surface area contributed by atoms with Crippen LogP contribution in [0.5, 0.6) is 0 Å². The summed E-state index contributed by atoms with van der Waals surface area (Å²) in [7, 11) is 0. The third-order valence-electron chi connectivity index (χ3n) is 3.87. The number of carbonyl (C=O) groups is 2. The number of rotatable bonds is 1. The summed E-state index contributed by atoms with van der Waals surface area (Å²) in [5, 5.41) is 0. The number of hydrogen-bond donors (Lipinski definition) is 0. The summed E-state index contributed by atoms with van der Waals surface area (Å²) in [4.78, 5) is 27.8. The molecule has 0 radical (unpaired) electrons. The second-order valence-electron chi connectivity index (χ2n) is 5.04. The number of amides is 2. The molecule has 2 fully saturated rings. The van der Waals surface area contributed by atoms with E-state index >= 15 is 0 Å². The van der Waals surface area contributed by atoms with Crippen molar-refractivity contribution in [3.63, 3.8) is 0 Å². The Balaban J connectivity index is 1.72. The van der Waals surface area contributed by atoms with Crippen molar-refractivity contribution in [2.24, 2.45) is 0 Å². The maximum absolute atomic E-state index is 12.4. The Morgan fingerprint density at radius 3 is 2.68 bits per heavy atom. The van der Waals surface area contributed by atoms with Crippen molar-refractivity contribution in [1.82, 2.24) is 9.80 Å². The number of hydrogen-bond acceptors (Lipinski definition) is 2.